The lowest BCUT2D eigenvalue weighted by Gasteiger charge is -2.15. The van der Waals surface area contributed by atoms with E-state index >= 15 is 0 Å². The standard InChI is InChI=1S/C9H13BrN2O3/c1-15-8-3-2-6(11-12-8)9(14)7(13)4-5-10/h2-3,7,9,13-14H,4-5H2,1H3. The summed E-state index contributed by atoms with van der Waals surface area (Å²) in [6.45, 7) is 0. The van der Waals surface area contributed by atoms with Crippen LogP contribution < -0.4 is 4.74 Å². The summed E-state index contributed by atoms with van der Waals surface area (Å²) in [7, 11) is 1.49. The second-order valence-corrected chi connectivity index (χ2v) is 3.78. The fraction of sp³-hybridized carbons (Fsp3) is 0.556. The summed E-state index contributed by atoms with van der Waals surface area (Å²) in [5, 5.41) is 27.3. The predicted molar refractivity (Wildman–Crippen MR) is 58.0 cm³/mol. The molecule has 0 saturated heterocycles. The molecule has 0 fully saturated rings. The third-order valence-corrected chi connectivity index (χ3v) is 2.40. The van der Waals surface area contributed by atoms with Gasteiger partial charge in [-0.15, -0.1) is 10.2 Å². The van der Waals surface area contributed by atoms with Crippen LogP contribution in [0.25, 0.3) is 0 Å². The van der Waals surface area contributed by atoms with Crippen LogP contribution in [0, 0.1) is 0 Å². The van der Waals surface area contributed by atoms with E-state index in [1.54, 1.807) is 12.1 Å². The molecular formula is C9H13BrN2O3. The van der Waals surface area contributed by atoms with E-state index in [1.807, 2.05) is 0 Å². The predicted octanol–water partition coefficient (Wildman–Crippen LogP) is 0.664. The van der Waals surface area contributed by atoms with Crippen molar-refractivity contribution in [1.82, 2.24) is 10.2 Å². The Labute approximate surface area is 96.2 Å². The lowest BCUT2D eigenvalue weighted by Crippen LogP contribution is -2.19. The van der Waals surface area contributed by atoms with E-state index in [1.165, 1.54) is 7.11 Å². The Balaban J connectivity index is 2.69. The maximum absolute atomic E-state index is 9.67. The summed E-state index contributed by atoms with van der Waals surface area (Å²) in [5.74, 6) is 0.376. The average Bonchev–Trinajstić information content (AvgIpc) is 2.28. The quantitative estimate of drug-likeness (QED) is 0.773. The van der Waals surface area contributed by atoms with E-state index < -0.39 is 12.2 Å². The smallest absolute Gasteiger partial charge is 0.233 e. The van der Waals surface area contributed by atoms with Gasteiger partial charge in [-0.3, -0.25) is 0 Å². The molecule has 0 spiro atoms. The van der Waals surface area contributed by atoms with Crippen LogP contribution in [-0.4, -0.2) is 39.0 Å². The first-order valence-electron chi connectivity index (χ1n) is 4.48. The van der Waals surface area contributed by atoms with E-state index in [0.717, 1.165) is 0 Å². The fourth-order valence-corrected chi connectivity index (χ4v) is 1.53. The molecule has 0 saturated carbocycles. The zero-order chi connectivity index (χ0) is 11.3. The van der Waals surface area contributed by atoms with Gasteiger partial charge < -0.3 is 14.9 Å². The van der Waals surface area contributed by atoms with Gasteiger partial charge in [0.2, 0.25) is 5.88 Å². The first-order chi connectivity index (χ1) is 7.19. The van der Waals surface area contributed by atoms with Crippen molar-refractivity contribution >= 4 is 15.9 Å². The lowest BCUT2D eigenvalue weighted by molar-refractivity contribution is 0.0142. The van der Waals surface area contributed by atoms with Crippen LogP contribution in [0.2, 0.25) is 0 Å². The molecule has 0 radical (unpaired) electrons. The summed E-state index contributed by atoms with van der Waals surface area (Å²) in [5.41, 5.74) is 0.337. The summed E-state index contributed by atoms with van der Waals surface area (Å²) < 4.78 is 4.83. The maximum Gasteiger partial charge on any atom is 0.233 e. The highest BCUT2D eigenvalue weighted by atomic mass is 79.9. The van der Waals surface area contributed by atoms with Gasteiger partial charge in [0.25, 0.3) is 0 Å². The molecule has 6 heteroatoms. The van der Waals surface area contributed by atoms with Gasteiger partial charge in [0.1, 0.15) is 6.10 Å². The van der Waals surface area contributed by atoms with Gasteiger partial charge in [-0.05, 0) is 12.5 Å². The first kappa shape index (κ1) is 12.4. The largest absolute Gasteiger partial charge is 0.480 e. The Morgan fingerprint density at radius 1 is 1.40 bits per heavy atom. The van der Waals surface area contributed by atoms with Gasteiger partial charge in [0.05, 0.1) is 18.9 Å². The normalized spacial score (nSPS) is 14.7. The highest BCUT2D eigenvalue weighted by molar-refractivity contribution is 9.09. The molecule has 5 nitrogen and oxygen atoms in total. The number of alkyl halides is 1. The molecule has 2 unspecified atom stereocenters. The number of methoxy groups -OCH3 is 1. The molecule has 1 aromatic rings. The molecule has 15 heavy (non-hydrogen) atoms. The maximum atomic E-state index is 9.67. The Bertz CT molecular complexity index is 294. The molecule has 1 rings (SSSR count). The number of hydrogen-bond donors (Lipinski definition) is 2. The molecule has 0 aliphatic heterocycles. The summed E-state index contributed by atoms with van der Waals surface area (Å²) in [6.07, 6.45) is -1.40. The number of halogens is 1. The second kappa shape index (κ2) is 5.99. The zero-order valence-electron chi connectivity index (χ0n) is 8.30. The van der Waals surface area contributed by atoms with E-state index in [-0.39, 0.29) is 0 Å². The Hall–Kier alpha value is -0.720. The second-order valence-electron chi connectivity index (χ2n) is 2.99. The Morgan fingerprint density at radius 3 is 2.60 bits per heavy atom. The van der Waals surface area contributed by atoms with Crippen LogP contribution in [0.15, 0.2) is 12.1 Å². The Kier molecular flexibility index (Phi) is 4.93. The van der Waals surface area contributed by atoms with Gasteiger partial charge >= 0.3 is 0 Å². The summed E-state index contributed by atoms with van der Waals surface area (Å²) >= 11 is 3.19. The van der Waals surface area contributed by atoms with Gasteiger partial charge in [0, 0.05) is 11.4 Å². The first-order valence-corrected chi connectivity index (χ1v) is 5.61. The molecule has 0 amide bonds. The average molecular weight is 277 g/mol. The monoisotopic (exact) mass is 276 g/mol. The molecular weight excluding hydrogens is 264 g/mol. The number of hydrogen-bond acceptors (Lipinski definition) is 5. The number of rotatable bonds is 5. The molecule has 1 heterocycles. The molecule has 0 bridgehead atoms. The molecule has 0 aliphatic carbocycles. The Morgan fingerprint density at radius 2 is 2.13 bits per heavy atom. The van der Waals surface area contributed by atoms with Crippen LogP contribution >= 0.6 is 15.9 Å². The highest BCUT2D eigenvalue weighted by Crippen LogP contribution is 2.18. The van der Waals surface area contributed by atoms with Crippen LogP contribution in [0.4, 0.5) is 0 Å². The van der Waals surface area contributed by atoms with Gasteiger partial charge in [-0.1, -0.05) is 15.9 Å². The van der Waals surface area contributed by atoms with Crippen molar-refractivity contribution in [2.75, 3.05) is 12.4 Å². The number of aliphatic hydroxyl groups excluding tert-OH is 2. The van der Waals surface area contributed by atoms with E-state index in [2.05, 4.69) is 26.1 Å². The topological polar surface area (TPSA) is 75.5 Å². The van der Waals surface area contributed by atoms with Crippen molar-refractivity contribution in [3.63, 3.8) is 0 Å². The molecule has 0 aromatic carbocycles. The van der Waals surface area contributed by atoms with Crippen molar-refractivity contribution in [3.8, 4) is 5.88 Å². The van der Waals surface area contributed by atoms with Crippen LogP contribution in [0.5, 0.6) is 5.88 Å². The summed E-state index contributed by atoms with van der Waals surface area (Å²) in [6, 6.07) is 3.17. The molecule has 1 aromatic heterocycles. The molecule has 2 N–H and O–H groups in total. The van der Waals surface area contributed by atoms with Crippen LogP contribution in [0.3, 0.4) is 0 Å². The van der Waals surface area contributed by atoms with Crippen molar-refractivity contribution in [1.29, 1.82) is 0 Å². The van der Waals surface area contributed by atoms with Crippen molar-refractivity contribution in [2.24, 2.45) is 0 Å². The lowest BCUT2D eigenvalue weighted by atomic mass is 10.1. The summed E-state index contributed by atoms with van der Waals surface area (Å²) in [4.78, 5) is 0. The third kappa shape index (κ3) is 3.40. The number of aromatic nitrogens is 2. The van der Waals surface area contributed by atoms with E-state index in [9.17, 15) is 10.2 Å². The van der Waals surface area contributed by atoms with Crippen LogP contribution in [0.1, 0.15) is 18.2 Å². The van der Waals surface area contributed by atoms with E-state index in [4.69, 9.17) is 4.74 Å². The number of aliphatic hydroxyl groups is 2. The highest BCUT2D eigenvalue weighted by Gasteiger charge is 2.19. The fourth-order valence-electron chi connectivity index (χ4n) is 1.06. The minimum absolute atomic E-state index is 0.337. The van der Waals surface area contributed by atoms with Gasteiger partial charge in [-0.25, -0.2) is 0 Å². The van der Waals surface area contributed by atoms with Crippen molar-refractivity contribution in [2.45, 2.75) is 18.6 Å². The van der Waals surface area contributed by atoms with Crippen molar-refractivity contribution < 1.29 is 14.9 Å². The molecule has 0 aliphatic rings. The zero-order valence-corrected chi connectivity index (χ0v) is 9.88. The number of nitrogens with zero attached hydrogens (tertiary/aromatic N) is 2. The SMILES string of the molecule is COc1ccc(C(O)C(O)CCBr)nn1. The molecule has 84 valence electrons. The minimum atomic E-state index is -1.01. The minimum Gasteiger partial charge on any atom is -0.480 e. The number of ether oxygens (including phenoxy) is 1. The van der Waals surface area contributed by atoms with E-state index in [0.29, 0.717) is 23.3 Å². The third-order valence-electron chi connectivity index (χ3n) is 1.94. The van der Waals surface area contributed by atoms with Crippen LogP contribution in [-0.2, 0) is 0 Å². The van der Waals surface area contributed by atoms with Crippen molar-refractivity contribution in [3.05, 3.63) is 17.8 Å². The molecule has 2 atom stereocenters. The van der Waals surface area contributed by atoms with Gasteiger partial charge in [-0.2, -0.15) is 0 Å². The van der Waals surface area contributed by atoms with Gasteiger partial charge in [0.15, 0.2) is 0 Å².